The van der Waals surface area contributed by atoms with Crippen LogP contribution in [0, 0.1) is 6.92 Å². The topological polar surface area (TPSA) is 21.7 Å². The highest BCUT2D eigenvalue weighted by molar-refractivity contribution is 5.31. The second-order valence-electron chi connectivity index (χ2n) is 3.91. The zero-order valence-corrected chi connectivity index (χ0v) is 10.4. The smallest absolute Gasteiger partial charge is 0.122 e. The third-order valence-corrected chi connectivity index (χ3v) is 2.50. The van der Waals surface area contributed by atoms with Crippen molar-refractivity contribution in [2.75, 3.05) is 40.5 Å². The Labute approximate surface area is 98.0 Å². The Kier molecular flexibility index (Phi) is 5.90. The Hall–Kier alpha value is -1.06. The summed E-state index contributed by atoms with van der Waals surface area (Å²) >= 11 is 0. The molecule has 0 unspecified atom stereocenters. The molecule has 0 fully saturated rings. The van der Waals surface area contributed by atoms with Crippen molar-refractivity contribution in [1.29, 1.82) is 0 Å². The molecule has 0 saturated heterocycles. The van der Waals surface area contributed by atoms with Crippen molar-refractivity contribution in [3.8, 4) is 5.75 Å². The minimum Gasteiger partial charge on any atom is -0.492 e. The molecule has 1 rings (SSSR count). The molecule has 3 nitrogen and oxygen atoms in total. The average molecular weight is 223 g/mol. The van der Waals surface area contributed by atoms with E-state index in [9.17, 15) is 0 Å². The van der Waals surface area contributed by atoms with Crippen LogP contribution in [0.15, 0.2) is 24.3 Å². The fourth-order valence-corrected chi connectivity index (χ4v) is 1.39. The molecule has 0 saturated carbocycles. The number of para-hydroxylation sites is 1. The number of ether oxygens (including phenoxy) is 2. The van der Waals surface area contributed by atoms with Gasteiger partial charge in [-0.1, -0.05) is 18.2 Å². The van der Waals surface area contributed by atoms with E-state index >= 15 is 0 Å². The van der Waals surface area contributed by atoms with Gasteiger partial charge in [0.1, 0.15) is 12.4 Å². The summed E-state index contributed by atoms with van der Waals surface area (Å²) in [5, 5.41) is 0. The zero-order chi connectivity index (χ0) is 11.8. The minimum atomic E-state index is 0.713. The molecule has 0 spiro atoms. The van der Waals surface area contributed by atoms with E-state index in [-0.39, 0.29) is 0 Å². The van der Waals surface area contributed by atoms with Gasteiger partial charge in [0, 0.05) is 20.2 Å². The molecule has 0 N–H and O–H groups in total. The predicted molar refractivity (Wildman–Crippen MR) is 66.0 cm³/mol. The van der Waals surface area contributed by atoms with Gasteiger partial charge in [0.2, 0.25) is 0 Å². The summed E-state index contributed by atoms with van der Waals surface area (Å²) < 4.78 is 10.7. The summed E-state index contributed by atoms with van der Waals surface area (Å²) in [6, 6.07) is 8.08. The minimum absolute atomic E-state index is 0.713. The van der Waals surface area contributed by atoms with E-state index in [2.05, 4.69) is 24.9 Å². The van der Waals surface area contributed by atoms with Crippen molar-refractivity contribution in [1.82, 2.24) is 4.90 Å². The van der Waals surface area contributed by atoms with Crippen LogP contribution in [0.2, 0.25) is 0 Å². The van der Waals surface area contributed by atoms with E-state index in [1.54, 1.807) is 7.11 Å². The number of hydrogen-bond donors (Lipinski definition) is 0. The quantitative estimate of drug-likeness (QED) is 0.705. The predicted octanol–water partition coefficient (Wildman–Crippen LogP) is 1.95. The van der Waals surface area contributed by atoms with Crippen LogP contribution in [0.1, 0.15) is 5.56 Å². The maximum Gasteiger partial charge on any atom is 0.122 e. The largest absolute Gasteiger partial charge is 0.492 e. The third-order valence-electron chi connectivity index (χ3n) is 2.50. The van der Waals surface area contributed by atoms with Gasteiger partial charge in [-0.3, -0.25) is 0 Å². The molecule has 0 heterocycles. The zero-order valence-electron chi connectivity index (χ0n) is 10.4. The molecule has 0 bridgehead atoms. The van der Waals surface area contributed by atoms with E-state index in [1.807, 2.05) is 18.2 Å². The van der Waals surface area contributed by atoms with Gasteiger partial charge in [-0.05, 0) is 25.6 Å². The summed E-state index contributed by atoms with van der Waals surface area (Å²) in [4.78, 5) is 2.20. The fraction of sp³-hybridized carbons (Fsp3) is 0.538. The molecule has 0 aliphatic rings. The van der Waals surface area contributed by atoms with E-state index in [1.165, 1.54) is 5.56 Å². The highest BCUT2D eigenvalue weighted by atomic mass is 16.5. The van der Waals surface area contributed by atoms with E-state index in [0.29, 0.717) is 6.61 Å². The molecule has 0 amide bonds. The first-order valence-electron chi connectivity index (χ1n) is 5.60. The Morgan fingerprint density at radius 2 is 1.81 bits per heavy atom. The number of hydrogen-bond acceptors (Lipinski definition) is 3. The van der Waals surface area contributed by atoms with Crippen LogP contribution >= 0.6 is 0 Å². The van der Waals surface area contributed by atoms with Crippen LogP contribution in [-0.2, 0) is 4.74 Å². The molecule has 0 aromatic heterocycles. The van der Waals surface area contributed by atoms with Crippen LogP contribution in [0.3, 0.4) is 0 Å². The Morgan fingerprint density at radius 3 is 2.50 bits per heavy atom. The molecule has 3 heteroatoms. The van der Waals surface area contributed by atoms with Gasteiger partial charge < -0.3 is 14.4 Å². The van der Waals surface area contributed by atoms with Gasteiger partial charge in [-0.25, -0.2) is 0 Å². The Morgan fingerprint density at radius 1 is 1.12 bits per heavy atom. The summed E-state index contributed by atoms with van der Waals surface area (Å²) in [6.07, 6.45) is 0. The second-order valence-corrected chi connectivity index (χ2v) is 3.91. The summed E-state index contributed by atoms with van der Waals surface area (Å²) in [5.41, 5.74) is 1.18. The first-order chi connectivity index (χ1) is 7.74. The van der Waals surface area contributed by atoms with Crippen molar-refractivity contribution in [3.05, 3.63) is 29.8 Å². The normalized spacial score (nSPS) is 10.8. The first-order valence-corrected chi connectivity index (χ1v) is 5.60. The van der Waals surface area contributed by atoms with Crippen molar-refractivity contribution in [2.24, 2.45) is 0 Å². The fourth-order valence-electron chi connectivity index (χ4n) is 1.39. The highest BCUT2D eigenvalue weighted by Gasteiger charge is 2.00. The van der Waals surface area contributed by atoms with Crippen LogP contribution in [0.4, 0.5) is 0 Å². The van der Waals surface area contributed by atoms with Crippen molar-refractivity contribution >= 4 is 0 Å². The SMILES string of the molecule is COCCN(C)CCOc1ccccc1C. The molecule has 1 aromatic carbocycles. The van der Waals surface area contributed by atoms with Gasteiger partial charge in [0.25, 0.3) is 0 Å². The van der Waals surface area contributed by atoms with Crippen LogP contribution in [-0.4, -0.2) is 45.4 Å². The van der Waals surface area contributed by atoms with Crippen molar-refractivity contribution in [3.63, 3.8) is 0 Å². The van der Waals surface area contributed by atoms with Gasteiger partial charge >= 0.3 is 0 Å². The number of aryl methyl sites for hydroxylation is 1. The molecule has 0 aliphatic heterocycles. The van der Waals surface area contributed by atoms with Gasteiger partial charge in [-0.2, -0.15) is 0 Å². The molecule has 90 valence electrons. The van der Waals surface area contributed by atoms with Gasteiger partial charge in [0.05, 0.1) is 6.61 Å². The number of methoxy groups -OCH3 is 1. The maximum absolute atomic E-state index is 5.70. The van der Waals surface area contributed by atoms with E-state index < -0.39 is 0 Å². The number of benzene rings is 1. The third kappa shape index (κ3) is 4.64. The molecule has 0 aliphatic carbocycles. The van der Waals surface area contributed by atoms with E-state index in [4.69, 9.17) is 9.47 Å². The van der Waals surface area contributed by atoms with Crippen LogP contribution in [0.25, 0.3) is 0 Å². The molecule has 16 heavy (non-hydrogen) atoms. The number of rotatable bonds is 7. The van der Waals surface area contributed by atoms with Crippen molar-refractivity contribution < 1.29 is 9.47 Å². The average Bonchev–Trinajstić information content (AvgIpc) is 2.29. The lowest BCUT2D eigenvalue weighted by molar-refractivity contribution is 0.150. The standard InChI is InChI=1S/C13H21NO2/c1-12-6-4-5-7-13(12)16-11-9-14(2)8-10-15-3/h4-7H,8-11H2,1-3H3. The molecular formula is C13H21NO2. The van der Waals surface area contributed by atoms with Crippen molar-refractivity contribution in [2.45, 2.75) is 6.92 Å². The number of likely N-dealkylation sites (N-methyl/N-ethyl adjacent to an activating group) is 1. The summed E-state index contributed by atoms with van der Waals surface area (Å²) in [6.45, 7) is 5.39. The van der Waals surface area contributed by atoms with Crippen LogP contribution < -0.4 is 4.74 Å². The Bertz CT molecular complexity index is 302. The van der Waals surface area contributed by atoms with Gasteiger partial charge in [0.15, 0.2) is 0 Å². The summed E-state index contributed by atoms with van der Waals surface area (Å²) in [7, 11) is 3.79. The van der Waals surface area contributed by atoms with E-state index in [0.717, 1.165) is 25.4 Å². The first kappa shape index (κ1) is 13.0. The molecule has 1 aromatic rings. The lowest BCUT2D eigenvalue weighted by Gasteiger charge is -2.16. The maximum atomic E-state index is 5.70. The van der Waals surface area contributed by atoms with Gasteiger partial charge in [-0.15, -0.1) is 0 Å². The molecule has 0 atom stereocenters. The number of nitrogens with zero attached hydrogens (tertiary/aromatic N) is 1. The molecular weight excluding hydrogens is 202 g/mol. The lowest BCUT2D eigenvalue weighted by Crippen LogP contribution is -2.27. The lowest BCUT2D eigenvalue weighted by atomic mass is 10.2. The molecule has 0 radical (unpaired) electrons. The monoisotopic (exact) mass is 223 g/mol. The Balaban J connectivity index is 2.23. The van der Waals surface area contributed by atoms with Crippen LogP contribution in [0.5, 0.6) is 5.75 Å². The summed E-state index contributed by atoms with van der Waals surface area (Å²) in [5.74, 6) is 0.975. The second kappa shape index (κ2) is 7.25. The highest BCUT2D eigenvalue weighted by Crippen LogP contribution is 2.15.